The highest BCUT2D eigenvalue weighted by atomic mass is 16.6. The van der Waals surface area contributed by atoms with Crippen molar-refractivity contribution < 1.29 is 9.66 Å². The molecule has 1 unspecified atom stereocenters. The Bertz CT molecular complexity index is 730. The van der Waals surface area contributed by atoms with Crippen LogP contribution >= 0.6 is 0 Å². The van der Waals surface area contributed by atoms with Gasteiger partial charge in [-0.05, 0) is 16.0 Å². The molecule has 1 N–H and O–H groups in total. The summed E-state index contributed by atoms with van der Waals surface area (Å²) in [5.41, 5.74) is 1.69. The summed E-state index contributed by atoms with van der Waals surface area (Å²) in [7, 11) is 3.45. The molecule has 1 aromatic heterocycles. The van der Waals surface area contributed by atoms with E-state index in [0.717, 1.165) is 30.9 Å². The molecule has 128 valence electrons. The molecule has 2 heterocycles. The maximum Gasteiger partial charge on any atom is 0.386 e. The van der Waals surface area contributed by atoms with Crippen LogP contribution in [0.2, 0.25) is 0 Å². The topological polar surface area (TPSA) is 85.5 Å². The highest BCUT2D eigenvalue weighted by molar-refractivity contribution is 5.37. The molecule has 3 rings (SSSR count). The SMILES string of the molecule is COc1ccccc1C1CNCCN1Cc1c([N+](=O)[O-])ncn1C. The molecule has 1 aliphatic rings. The molecule has 8 nitrogen and oxygen atoms in total. The van der Waals surface area contributed by atoms with Crippen LogP contribution in [0, 0.1) is 10.1 Å². The molecule has 24 heavy (non-hydrogen) atoms. The predicted molar refractivity (Wildman–Crippen MR) is 88.9 cm³/mol. The molecule has 0 saturated carbocycles. The van der Waals surface area contributed by atoms with E-state index in [9.17, 15) is 10.1 Å². The van der Waals surface area contributed by atoms with Crippen molar-refractivity contribution in [3.05, 3.63) is 52.0 Å². The monoisotopic (exact) mass is 331 g/mol. The number of piperazine rings is 1. The van der Waals surface area contributed by atoms with Crippen LogP contribution in [-0.4, -0.2) is 46.1 Å². The fourth-order valence-electron chi connectivity index (χ4n) is 3.15. The van der Waals surface area contributed by atoms with Crippen molar-refractivity contribution in [1.29, 1.82) is 0 Å². The second-order valence-electron chi connectivity index (χ2n) is 5.82. The fourth-order valence-corrected chi connectivity index (χ4v) is 3.15. The number of benzene rings is 1. The van der Waals surface area contributed by atoms with E-state index in [-0.39, 0.29) is 11.9 Å². The minimum atomic E-state index is -0.421. The van der Waals surface area contributed by atoms with Crippen LogP contribution in [0.3, 0.4) is 0 Å². The first kappa shape index (κ1) is 16.4. The number of imidazole rings is 1. The molecule has 1 fully saturated rings. The second-order valence-corrected chi connectivity index (χ2v) is 5.82. The minimum Gasteiger partial charge on any atom is -0.496 e. The molecule has 1 aromatic carbocycles. The van der Waals surface area contributed by atoms with E-state index >= 15 is 0 Å². The third kappa shape index (κ3) is 3.10. The summed E-state index contributed by atoms with van der Waals surface area (Å²) < 4.78 is 7.21. The summed E-state index contributed by atoms with van der Waals surface area (Å²) in [5.74, 6) is 0.755. The Morgan fingerprint density at radius 3 is 3.00 bits per heavy atom. The number of para-hydroxylation sites is 1. The Morgan fingerprint density at radius 1 is 1.46 bits per heavy atom. The van der Waals surface area contributed by atoms with E-state index in [4.69, 9.17) is 4.74 Å². The first-order valence-electron chi connectivity index (χ1n) is 7.84. The van der Waals surface area contributed by atoms with E-state index < -0.39 is 4.92 Å². The van der Waals surface area contributed by atoms with Crippen molar-refractivity contribution in [3.8, 4) is 5.75 Å². The van der Waals surface area contributed by atoms with Crippen molar-refractivity contribution in [3.63, 3.8) is 0 Å². The smallest absolute Gasteiger partial charge is 0.386 e. The van der Waals surface area contributed by atoms with E-state index in [1.54, 1.807) is 18.7 Å². The third-order valence-corrected chi connectivity index (χ3v) is 4.42. The van der Waals surface area contributed by atoms with Gasteiger partial charge in [0.05, 0.1) is 13.2 Å². The maximum atomic E-state index is 11.2. The van der Waals surface area contributed by atoms with E-state index in [0.29, 0.717) is 12.2 Å². The van der Waals surface area contributed by atoms with Gasteiger partial charge in [0.25, 0.3) is 0 Å². The number of ether oxygens (including phenoxy) is 1. The van der Waals surface area contributed by atoms with Gasteiger partial charge in [-0.15, -0.1) is 0 Å². The molecule has 0 radical (unpaired) electrons. The summed E-state index contributed by atoms with van der Waals surface area (Å²) in [6.07, 6.45) is 1.49. The van der Waals surface area contributed by atoms with Crippen molar-refractivity contribution in [2.45, 2.75) is 12.6 Å². The van der Waals surface area contributed by atoms with E-state index in [1.165, 1.54) is 6.33 Å². The van der Waals surface area contributed by atoms with Gasteiger partial charge in [0.15, 0.2) is 0 Å². The number of nitrogens with zero attached hydrogens (tertiary/aromatic N) is 4. The lowest BCUT2D eigenvalue weighted by Gasteiger charge is -2.36. The molecule has 2 aromatic rings. The number of rotatable bonds is 5. The molecule has 0 amide bonds. The quantitative estimate of drug-likeness (QED) is 0.660. The maximum absolute atomic E-state index is 11.2. The standard InChI is InChI=1S/C16H21N5O3/c1-19-11-18-16(21(22)23)14(19)10-20-8-7-17-9-13(20)12-5-3-4-6-15(12)24-2/h3-6,11,13,17H,7-10H2,1-2H3. The Kier molecular flexibility index (Phi) is 4.77. The number of aromatic nitrogens is 2. The molecule has 0 bridgehead atoms. The highest BCUT2D eigenvalue weighted by Crippen LogP contribution is 2.32. The number of nitrogens with one attached hydrogen (secondary N) is 1. The zero-order chi connectivity index (χ0) is 17.1. The van der Waals surface area contributed by atoms with Crippen LogP contribution in [0.25, 0.3) is 0 Å². The van der Waals surface area contributed by atoms with Gasteiger partial charge < -0.3 is 24.7 Å². The summed E-state index contributed by atoms with van der Waals surface area (Å²) in [6, 6.07) is 7.99. The van der Waals surface area contributed by atoms with Gasteiger partial charge in [0.1, 0.15) is 11.4 Å². The van der Waals surface area contributed by atoms with Crippen LogP contribution in [-0.2, 0) is 13.6 Å². The number of methoxy groups -OCH3 is 1. The lowest BCUT2D eigenvalue weighted by Crippen LogP contribution is -2.45. The Labute approximate surface area is 140 Å². The van der Waals surface area contributed by atoms with Gasteiger partial charge in [-0.1, -0.05) is 18.2 Å². The molecule has 0 aliphatic carbocycles. The third-order valence-electron chi connectivity index (χ3n) is 4.42. The largest absolute Gasteiger partial charge is 0.496 e. The zero-order valence-corrected chi connectivity index (χ0v) is 13.8. The van der Waals surface area contributed by atoms with Gasteiger partial charge >= 0.3 is 5.82 Å². The molecule has 8 heteroatoms. The Hall–Kier alpha value is -2.45. The fraction of sp³-hybridized carbons (Fsp3) is 0.438. The summed E-state index contributed by atoms with van der Waals surface area (Å²) >= 11 is 0. The van der Waals surface area contributed by atoms with Crippen LogP contribution in [0.1, 0.15) is 17.3 Å². The summed E-state index contributed by atoms with van der Waals surface area (Å²) in [6.45, 7) is 2.88. The number of hydrogen-bond acceptors (Lipinski definition) is 6. The van der Waals surface area contributed by atoms with Crippen LogP contribution in [0.15, 0.2) is 30.6 Å². The Balaban J connectivity index is 1.91. The van der Waals surface area contributed by atoms with Gasteiger partial charge in [0.2, 0.25) is 6.33 Å². The number of nitro groups is 1. The summed E-state index contributed by atoms with van der Waals surface area (Å²) in [5, 5.41) is 14.6. The van der Waals surface area contributed by atoms with Crippen LogP contribution < -0.4 is 10.1 Å². The lowest BCUT2D eigenvalue weighted by atomic mass is 10.0. The van der Waals surface area contributed by atoms with Crippen molar-refractivity contribution in [2.75, 3.05) is 26.7 Å². The van der Waals surface area contributed by atoms with Gasteiger partial charge in [-0.2, -0.15) is 0 Å². The molecular formula is C16H21N5O3. The molecule has 0 spiro atoms. The first-order valence-corrected chi connectivity index (χ1v) is 7.84. The average molecular weight is 331 g/mol. The average Bonchev–Trinajstić information content (AvgIpc) is 2.96. The molecule has 1 atom stereocenters. The second kappa shape index (κ2) is 6.98. The van der Waals surface area contributed by atoms with Crippen LogP contribution in [0.4, 0.5) is 5.82 Å². The Morgan fingerprint density at radius 2 is 2.25 bits per heavy atom. The van der Waals surface area contributed by atoms with Crippen molar-refractivity contribution in [1.82, 2.24) is 19.8 Å². The van der Waals surface area contributed by atoms with Crippen molar-refractivity contribution >= 4 is 5.82 Å². The van der Waals surface area contributed by atoms with Crippen molar-refractivity contribution in [2.24, 2.45) is 7.05 Å². The van der Waals surface area contributed by atoms with Gasteiger partial charge in [-0.25, -0.2) is 0 Å². The predicted octanol–water partition coefficient (Wildman–Crippen LogP) is 1.48. The van der Waals surface area contributed by atoms with Gasteiger partial charge in [0, 0.05) is 38.8 Å². The molecular weight excluding hydrogens is 310 g/mol. The minimum absolute atomic E-state index is 0.0743. The summed E-state index contributed by atoms with van der Waals surface area (Å²) in [4.78, 5) is 16.9. The van der Waals surface area contributed by atoms with E-state index in [1.807, 2.05) is 24.3 Å². The first-order chi connectivity index (χ1) is 11.6. The molecule has 1 saturated heterocycles. The number of aryl methyl sites for hydroxylation is 1. The van der Waals surface area contributed by atoms with E-state index in [2.05, 4.69) is 15.2 Å². The van der Waals surface area contributed by atoms with Gasteiger partial charge in [-0.3, -0.25) is 4.90 Å². The lowest BCUT2D eigenvalue weighted by molar-refractivity contribution is -0.390. The highest BCUT2D eigenvalue weighted by Gasteiger charge is 2.30. The normalized spacial score (nSPS) is 18.5. The molecule has 1 aliphatic heterocycles. The number of hydrogen-bond donors (Lipinski definition) is 1. The zero-order valence-electron chi connectivity index (χ0n) is 13.8. The van der Waals surface area contributed by atoms with Crippen LogP contribution in [0.5, 0.6) is 5.75 Å².